The Bertz CT molecular complexity index is 486. The molecule has 2 heterocycles. The van der Waals surface area contributed by atoms with Gasteiger partial charge in [0.25, 0.3) is 0 Å². The van der Waals surface area contributed by atoms with Gasteiger partial charge in [-0.15, -0.1) is 0 Å². The van der Waals surface area contributed by atoms with Gasteiger partial charge in [-0.25, -0.2) is 4.79 Å². The third kappa shape index (κ3) is 2.57. The van der Waals surface area contributed by atoms with Gasteiger partial charge >= 0.3 is 5.97 Å². The zero-order chi connectivity index (χ0) is 12.3. The number of carbonyl (C=O) groups is 1. The second-order valence-corrected chi connectivity index (χ2v) is 3.68. The Morgan fingerprint density at radius 3 is 2.88 bits per heavy atom. The fourth-order valence-corrected chi connectivity index (χ4v) is 1.55. The molecule has 5 nitrogen and oxygen atoms in total. The monoisotopic (exact) mass is 235 g/mol. The Morgan fingerprint density at radius 2 is 2.24 bits per heavy atom. The maximum absolute atomic E-state index is 10.8. The van der Waals surface area contributed by atoms with Crippen molar-refractivity contribution in [1.29, 1.82) is 0 Å². The molecule has 17 heavy (non-hydrogen) atoms. The Labute approximate surface area is 98.0 Å². The first-order chi connectivity index (χ1) is 8.18. The molecule has 1 atom stereocenters. The molecule has 0 saturated carbocycles. The van der Waals surface area contributed by atoms with E-state index in [1.807, 2.05) is 19.1 Å². The van der Waals surface area contributed by atoms with Crippen LogP contribution in [0.1, 0.15) is 34.8 Å². The quantitative estimate of drug-likeness (QED) is 0.832. The number of furan rings is 2. The van der Waals surface area contributed by atoms with E-state index in [2.05, 4.69) is 5.32 Å². The average molecular weight is 235 g/mol. The van der Waals surface area contributed by atoms with Crippen LogP contribution in [-0.2, 0) is 6.54 Å². The van der Waals surface area contributed by atoms with E-state index in [0.29, 0.717) is 12.3 Å². The zero-order valence-electron chi connectivity index (χ0n) is 9.34. The highest BCUT2D eigenvalue weighted by atomic mass is 16.4. The smallest absolute Gasteiger partial charge is 0.339 e. The van der Waals surface area contributed by atoms with Gasteiger partial charge in [-0.2, -0.15) is 0 Å². The number of hydrogen-bond acceptors (Lipinski definition) is 4. The van der Waals surface area contributed by atoms with Crippen molar-refractivity contribution < 1.29 is 18.7 Å². The van der Waals surface area contributed by atoms with E-state index < -0.39 is 5.97 Å². The molecule has 0 aromatic carbocycles. The minimum Gasteiger partial charge on any atom is -0.478 e. The third-order valence-electron chi connectivity index (χ3n) is 2.51. The van der Waals surface area contributed by atoms with Crippen LogP contribution in [0.25, 0.3) is 0 Å². The second-order valence-electron chi connectivity index (χ2n) is 3.68. The van der Waals surface area contributed by atoms with Crippen molar-refractivity contribution in [3.8, 4) is 0 Å². The first-order valence-electron chi connectivity index (χ1n) is 5.25. The van der Waals surface area contributed by atoms with Gasteiger partial charge < -0.3 is 19.3 Å². The van der Waals surface area contributed by atoms with Crippen molar-refractivity contribution >= 4 is 5.97 Å². The van der Waals surface area contributed by atoms with E-state index >= 15 is 0 Å². The molecule has 2 rings (SSSR count). The van der Waals surface area contributed by atoms with Crippen molar-refractivity contribution in [2.45, 2.75) is 19.5 Å². The lowest BCUT2D eigenvalue weighted by molar-refractivity contribution is 0.0694. The molecule has 0 saturated heterocycles. The highest BCUT2D eigenvalue weighted by molar-refractivity contribution is 5.88. The van der Waals surface area contributed by atoms with Gasteiger partial charge in [0.05, 0.1) is 25.1 Å². The van der Waals surface area contributed by atoms with Crippen LogP contribution in [-0.4, -0.2) is 11.1 Å². The number of aromatic carboxylic acids is 1. The minimum absolute atomic E-state index is 0.00301. The van der Waals surface area contributed by atoms with E-state index in [1.54, 1.807) is 6.26 Å². The van der Waals surface area contributed by atoms with Crippen LogP contribution in [0.5, 0.6) is 0 Å². The summed E-state index contributed by atoms with van der Waals surface area (Å²) in [5.41, 5.74) is 0.184. The molecule has 0 fully saturated rings. The van der Waals surface area contributed by atoms with Gasteiger partial charge in [-0.3, -0.25) is 0 Å². The van der Waals surface area contributed by atoms with Crippen LogP contribution in [0.2, 0.25) is 0 Å². The van der Waals surface area contributed by atoms with Gasteiger partial charge in [-0.05, 0) is 25.1 Å². The molecule has 0 aliphatic heterocycles. The van der Waals surface area contributed by atoms with Crippen LogP contribution < -0.4 is 5.32 Å². The molecular weight excluding hydrogens is 222 g/mol. The molecule has 2 aromatic rings. The summed E-state index contributed by atoms with van der Waals surface area (Å²) >= 11 is 0. The summed E-state index contributed by atoms with van der Waals surface area (Å²) in [5, 5.41) is 12.0. The zero-order valence-corrected chi connectivity index (χ0v) is 9.34. The highest BCUT2D eigenvalue weighted by Gasteiger charge is 2.15. The minimum atomic E-state index is -0.985. The number of carboxylic acids is 1. The van der Waals surface area contributed by atoms with Gasteiger partial charge in [0, 0.05) is 0 Å². The summed E-state index contributed by atoms with van der Waals surface area (Å²) in [5.74, 6) is 0.227. The van der Waals surface area contributed by atoms with Crippen molar-refractivity contribution in [1.82, 2.24) is 5.32 Å². The van der Waals surface area contributed by atoms with Crippen LogP contribution >= 0.6 is 0 Å². The maximum Gasteiger partial charge on any atom is 0.339 e. The Morgan fingerprint density at radius 1 is 1.41 bits per heavy atom. The molecule has 0 aliphatic carbocycles. The summed E-state index contributed by atoms with van der Waals surface area (Å²) in [7, 11) is 0. The van der Waals surface area contributed by atoms with Crippen LogP contribution in [0.3, 0.4) is 0 Å². The first kappa shape index (κ1) is 11.5. The standard InChI is InChI=1S/C12H13NO4/c1-8(10-3-2-5-16-10)13-7-11-9(12(14)15)4-6-17-11/h2-6,8,13H,7H2,1H3,(H,14,15)/t8-/m1/s1. The first-order valence-corrected chi connectivity index (χ1v) is 5.25. The van der Waals surface area contributed by atoms with E-state index in [4.69, 9.17) is 13.9 Å². The lowest BCUT2D eigenvalue weighted by Gasteiger charge is -2.10. The fourth-order valence-electron chi connectivity index (χ4n) is 1.55. The van der Waals surface area contributed by atoms with Crippen LogP contribution in [0.15, 0.2) is 39.6 Å². The van der Waals surface area contributed by atoms with Gasteiger partial charge in [0.1, 0.15) is 17.1 Å². The second kappa shape index (κ2) is 4.88. The van der Waals surface area contributed by atoms with Crippen molar-refractivity contribution in [2.75, 3.05) is 0 Å². The average Bonchev–Trinajstić information content (AvgIpc) is 2.96. The fraction of sp³-hybridized carbons (Fsp3) is 0.250. The van der Waals surface area contributed by atoms with Gasteiger partial charge in [-0.1, -0.05) is 0 Å². The molecule has 0 amide bonds. The van der Waals surface area contributed by atoms with E-state index in [1.165, 1.54) is 12.3 Å². The summed E-state index contributed by atoms with van der Waals surface area (Å²) in [4.78, 5) is 10.8. The number of carboxylic acid groups (broad SMARTS) is 1. The Hall–Kier alpha value is -2.01. The summed E-state index contributed by atoms with van der Waals surface area (Å²) in [6, 6.07) is 5.11. The van der Waals surface area contributed by atoms with Crippen molar-refractivity contribution in [2.24, 2.45) is 0 Å². The van der Waals surface area contributed by atoms with E-state index in [9.17, 15) is 4.79 Å². The number of hydrogen-bond donors (Lipinski definition) is 2. The van der Waals surface area contributed by atoms with Crippen LogP contribution in [0.4, 0.5) is 0 Å². The Kier molecular flexibility index (Phi) is 3.30. The normalized spacial score (nSPS) is 12.5. The van der Waals surface area contributed by atoms with Crippen molar-refractivity contribution in [3.63, 3.8) is 0 Å². The molecule has 2 aromatic heterocycles. The van der Waals surface area contributed by atoms with Gasteiger partial charge in [0.2, 0.25) is 0 Å². The van der Waals surface area contributed by atoms with Crippen LogP contribution in [0, 0.1) is 0 Å². The molecule has 0 radical (unpaired) electrons. The Balaban J connectivity index is 1.98. The number of nitrogens with one attached hydrogen (secondary N) is 1. The number of rotatable bonds is 5. The summed E-state index contributed by atoms with van der Waals surface area (Å²) < 4.78 is 10.4. The maximum atomic E-state index is 10.8. The topological polar surface area (TPSA) is 75.6 Å². The SMILES string of the molecule is C[C@@H](NCc1occc1C(=O)O)c1ccco1. The van der Waals surface area contributed by atoms with Crippen molar-refractivity contribution in [3.05, 3.63) is 47.8 Å². The molecule has 0 spiro atoms. The largest absolute Gasteiger partial charge is 0.478 e. The molecular formula is C12H13NO4. The predicted molar refractivity (Wildman–Crippen MR) is 59.6 cm³/mol. The highest BCUT2D eigenvalue weighted by Crippen LogP contribution is 2.15. The summed E-state index contributed by atoms with van der Waals surface area (Å²) in [6.07, 6.45) is 2.97. The molecule has 90 valence electrons. The van der Waals surface area contributed by atoms with E-state index in [-0.39, 0.29) is 11.6 Å². The van der Waals surface area contributed by atoms with Gasteiger partial charge in [0.15, 0.2) is 0 Å². The lowest BCUT2D eigenvalue weighted by atomic mass is 10.2. The molecule has 2 N–H and O–H groups in total. The lowest BCUT2D eigenvalue weighted by Crippen LogP contribution is -2.18. The van der Waals surface area contributed by atoms with E-state index in [0.717, 1.165) is 5.76 Å². The third-order valence-corrected chi connectivity index (χ3v) is 2.51. The summed E-state index contributed by atoms with van der Waals surface area (Å²) in [6.45, 7) is 2.28. The molecule has 0 aliphatic rings. The molecule has 5 heteroatoms. The molecule has 0 bridgehead atoms. The predicted octanol–water partition coefficient (Wildman–Crippen LogP) is 2.42. The molecule has 0 unspecified atom stereocenters.